The second-order valence-corrected chi connectivity index (χ2v) is 7.83. The van der Waals surface area contributed by atoms with Crippen LogP contribution in [0.15, 0.2) is 65.8 Å². The van der Waals surface area contributed by atoms with Gasteiger partial charge in [-0.3, -0.25) is 4.79 Å². The summed E-state index contributed by atoms with van der Waals surface area (Å²) in [5.74, 6) is 2.21. The molecule has 0 bridgehead atoms. The first-order chi connectivity index (χ1) is 13.6. The highest BCUT2D eigenvalue weighted by Crippen LogP contribution is 2.24. The number of amides is 1. The zero-order chi connectivity index (χ0) is 19.9. The lowest BCUT2D eigenvalue weighted by Crippen LogP contribution is -2.31. The van der Waals surface area contributed by atoms with Crippen LogP contribution in [0.2, 0.25) is 5.02 Å². The maximum absolute atomic E-state index is 12.6. The second kappa shape index (κ2) is 9.66. The van der Waals surface area contributed by atoms with Crippen LogP contribution in [0.4, 0.5) is 0 Å². The molecule has 2 aromatic carbocycles. The van der Waals surface area contributed by atoms with Crippen LogP contribution in [-0.4, -0.2) is 28.3 Å². The molecule has 28 heavy (non-hydrogen) atoms. The maximum atomic E-state index is 12.6. The molecule has 0 radical (unpaired) electrons. The standard InChI is InChI=1S/C21H22ClN3O2S/c1-25-13-12-23-21(25)20(15-3-7-17(27-2)8-4-15)24-19(26)11-14-28-18-9-5-16(22)6-10-18/h3-10,12-13,20H,11,14H2,1-2H3,(H,24,26). The number of carbonyl (C=O) groups excluding carboxylic acids is 1. The average molecular weight is 416 g/mol. The number of halogens is 1. The molecule has 0 aliphatic rings. The first-order valence-corrected chi connectivity index (χ1v) is 10.2. The van der Waals surface area contributed by atoms with Gasteiger partial charge in [0.05, 0.1) is 7.11 Å². The number of benzene rings is 2. The smallest absolute Gasteiger partial charge is 0.221 e. The van der Waals surface area contributed by atoms with Gasteiger partial charge in [0.25, 0.3) is 0 Å². The average Bonchev–Trinajstić information content (AvgIpc) is 3.13. The molecule has 0 saturated carbocycles. The first kappa shape index (κ1) is 20.3. The molecule has 1 N–H and O–H groups in total. The van der Waals surface area contributed by atoms with Gasteiger partial charge < -0.3 is 14.6 Å². The van der Waals surface area contributed by atoms with Gasteiger partial charge in [0.1, 0.15) is 17.6 Å². The summed E-state index contributed by atoms with van der Waals surface area (Å²) >= 11 is 7.53. The van der Waals surface area contributed by atoms with Crippen LogP contribution >= 0.6 is 23.4 Å². The number of ether oxygens (including phenoxy) is 1. The summed E-state index contributed by atoms with van der Waals surface area (Å²) in [6, 6.07) is 15.0. The Labute approximate surface area is 174 Å². The van der Waals surface area contributed by atoms with E-state index >= 15 is 0 Å². The fourth-order valence-electron chi connectivity index (χ4n) is 2.77. The van der Waals surface area contributed by atoms with Gasteiger partial charge in [0, 0.05) is 41.5 Å². The Morgan fingerprint density at radius 1 is 1.21 bits per heavy atom. The molecule has 3 rings (SSSR count). The molecule has 146 valence electrons. The molecule has 5 nitrogen and oxygen atoms in total. The minimum atomic E-state index is -0.320. The number of rotatable bonds is 8. The molecule has 1 atom stereocenters. The van der Waals surface area contributed by atoms with E-state index in [1.165, 1.54) is 0 Å². The lowest BCUT2D eigenvalue weighted by Gasteiger charge is -2.19. The van der Waals surface area contributed by atoms with Crippen molar-refractivity contribution in [2.45, 2.75) is 17.4 Å². The molecule has 0 saturated heterocycles. The molecule has 7 heteroatoms. The maximum Gasteiger partial charge on any atom is 0.221 e. The molecule has 1 aromatic heterocycles. The summed E-state index contributed by atoms with van der Waals surface area (Å²) in [4.78, 5) is 18.1. The van der Waals surface area contributed by atoms with E-state index in [0.29, 0.717) is 17.2 Å². The van der Waals surface area contributed by atoms with Crippen LogP contribution in [0.5, 0.6) is 5.75 Å². The first-order valence-electron chi connectivity index (χ1n) is 8.85. The number of imidazole rings is 1. The van der Waals surface area contributed by atoms with Gasteiger partial charge in [-0.25, -0.2) is 4.98 Å². The number of aryl methyl sites for hydroxylation is 1. The van der Waals surface area contributed by atoms with Gasteiger partial charge in [-0.2, -0.15) is 0 Å². The SMILES string of the molecule is COc1ccc(C(NC(=O)CCSc2ccc(Cl)cc2)c2nccn2C)cc1. The molecule has 3 aromatic rings. The number of hydrogen-bond donors (Lipinski definition) is 1. The van der Waals surface area contributed by atoms with Crippen LogP contribution < -0.4 is 10.1 Å². The summed E-state index contributed by atoms with van der Waals surface area (Å²) in [5.41, 5.74) is 0.953. The van der Waals surface area contributed by atoms with Crippen molar-refractivity contribution in [1.82, 2.24) is 14.9 Å². The lowest BCUT2D eigenvalue weighted by molar-refractivity contribution is -0.121. The Kier molecular flexibility index (Phi) is 7.01. The number of thioether (sulfide) groups is 1. The van der Waals surface area contributed by atoms with E-state index in [-0.39, 0.29) is 11.9 Å². The third-order valence-corrected chi connectivity index (χ3v) is 5.55. The van der Waals surface area contributed by atoms with Crippen LogP contribution in [-0.2, 0) is 11.8 Å². The molecule has 1 heterocycles. The number of aromatic nitrogens is 2. The topological polar surface area (TPSA) is 56.1 Å². The number of carbonyl (C=O) groups is 1. The van der Waals surface area contributed by atoms with Crippen LogP contribution in [0.1, 0.15) is 23.9 Å². The van der Waals surface area contributed by atoms with E-state index in [2.05, 4.69) is 10.3 Å². The minimum Gasteiger partial charge on any atom is -0.497 e. The van der Waals surface area contributed by atoms with E-state index in [9.17, 15) is 4.79 Å². The zero-order valence-electron chi connectivity index (χ0n) is 15.8. The van der Waals surface area contributed by atoms with E-state index in [0.717, 1.165) is 22.0 Å². The third kappa shape index (κ3) is 5.30. The van der Waals surface area contributed by atoms with Gasteiger partial charge in [-0.05, 0) is 42.0 Å². The summed E-state index contributed by atoms with van der Waals surface area (Å²) in [6.07, 6.45) is 4.01. The summed E-state index contributed by atoms with van der Waals surface area (Å²) < 4.78 is 7.14. The van der Waals surface area contributed by atoms with Crippen molar-refractivity contribution in [1.29, 1.82) is 0 Å². The Balaban J connectivity index is 1.65. The molecular formula is C21H22ClN3O2S. The van der Waals surface area contributed by atoms with Crippen LogP contribution in [0.3, 0.4) is 0 Å². The normalized spacial score (nSPS) is 11.8. The Morgan fingerprint density at radius 2 is 1.93 bits per heavy atom. The molecule has 0 fully saturated rings. The van der Waals surface area contributed by atoms with Crippen LogP contribution in [0.25, 0.3) is 0 Å². The quantitative estimate of drug-likeness (QED) is 0.551. The van der Waals surface area contributed by atoms with Crippen molar-refractivity contribution in [3.8, 4) is 5.75 Å². The van der Waals surface area contributed by atoms with Gasteiger partial charge in [0.15, 0.2) is 0 Å². The summed E-state index contributed by atoms with van der Waals surface area (Å²) in [5, 5.41) is 3.82. The molecule has 0 aliphatic heterocycles. The van der Waals surface area contributed by atoms with E-state index in [1.54, 1.807) is 25.1 Å². The molecule has 1 amide bonds. The minimum absolute atomic E-state index is 0.0229. The van der Waals surface area contributed by atoms with Gasteiger partial charge in [-0.15, -0.1) is 11.8 Å². The lowest BCUT2D eigenvalue weighted by atomic mass is 10.1. The predicted octanol–water partition coefficient (Wildman–Crippen LogP) is 4.47. The van der Waals surface area contributed by atoms with Gasteiger partial charge in [0.2, 0.25) is 5.91 Å². The van der Waals surface area contributed by atoms with Crippen molar-refractivity contribution in [3.05, 3.63) is 77.3 Å². The zero-order valence-corrected chi connectivity index (χ0v) is 17.3. The largest absolute Gasteiger partial charge is 0.497 e. The van der Waals surface area contributed by atoms with E-state index in [4.69, 9.17) is 16.3 Å². The van der Waals surface area contributed by atoms with Crippen LogP contribution in [0, 0.1) is 0 Å². The molecular weight excluding hydrogens is 394 g/mol. The van der Waals surface area contributed by atoms with Crippen molar-refractivity contribution in [2.75, 3.05) is 12.9 Å². The third-order valence-electron chi connectivity index (χ3n) is 4.28. The molecule has 0 aliphatic carbocycles. The summed E-state index contributed by atoms with van der Waals surface area (Å²) in [7, 11) is 3.55. The van der Waals surface area contributed by atoms with Crippen molar-refractivity contribution in [2.24, 2.45) is 7.05 Å². The number of nitrogens with zero attached hydrogens (tertiary/aromatic N) is 2. The fraction of sp³-hybridized carbons (Fsp3) is 0.238. The Hall–Kier alpha value is -2.44. The molecule has 0 spiro atoms. The Morgan fingerprint density at radius 3 is 2.54 bits per heavy atom. The second-order valence-electron chi connectivity index (χ2n) is 6.22. The monoisotopic (exact) mass is 415 g/mol. The highest BCUT2D eigenvalue weighted by molar-refractivity contribution is 7.99. The highest BCUT2D eigenvalue weighted by atomic mass is 35.5. The fourth-order valence-corrected chi connectivity index (χ4v) is 3.75. The predicted molar refractivity (Wildman–Crippen MR) is 113 cm³/mol. The van der Waals surface area contributed by atoms with Gasteiger partial charge in [-0.1, -0.05) is 23.7 Å². The highest BCUT2D eigenvalue weighted by Gasteiger charge is 2.20. The van der Waals surface area contributed by atoms with Crippen molar-refractivity contribution in [3.63, 3.8) is 0 Å². The summed E-state index contributed by atoms with van der Waals surface area (Å²) in [6.45, 7) is 0. The van der Waals surface area contributed by atoms with E-state index in [1.807, 2.05) is 66.3 Å². The number of methoxy groups -OCH3 is 1. The van der Waals surface area contributed by atoms with Crippen molar-refractivity contribution < 1.29 is 9.53 Å². The Bertz CT molecular complexity index is 910. The number of nitrogens with one attached hydrogen (secondary N) is 1. The number of hydrogen-bond acceptors (Lipinski definition) is 4. The molecule has 1 unspecified atom stereocenters. The van der Waals surface area contributed by atoms with Crippen molar-refractivity contribution >= 4 is 29.3 Å². The van der Waals surface area contributed by atoms with E-state index < -0.39 is 0 Å². The van der Waals surface area contributed by atoms with Gasteiger partial charge >= 0.3 is 0 Å².